The second kappa shape index (κ2) is 5.20. The van der Waals surface area contributed by atoms with E-state index in [2.05, 4.69) is 15.5 Å². The number of amides is 1. The van der Waals surface area contributed by atoms with Gasteiger partial charge in [-0.3, -0.25) is 9.89 Å². The van der Waals surface area contributed by atoms with Crippen molar-refractivity contribution in [1.29, 1.82) is 0 Å². The van der Waals surface area contributed by atoms with Gasteiger partial charge in [-0.2, -0.15) is 5.10 Å². The first-order chi connectivity index (χ1) is 8.25. The van der Waals surface area contributed by atoms with Crippen LogP contribution in [0.5, 0.6) is 0 Å². The van der Waals surface area contributed by atoms with Crippen molar-refractivity contribution in [2.45, 2.75) is 33.7 Å². The van der Waals surface area contributed by atoms with Crippen LogP contribution < -0.4 is 5.32 Å². The number of methoxy groups -OCH3 is 1. The van der Waals surface area contributed by atoms with Crippen molar-refractivity contribution in [2.24, 2.45) is 5.41 Å². The molecule has 0 saturated heterocycles. The van der Waals surface area contributed by atoms with Crippen LogP contribution in [0.3, 0.4) is 0 Å². The number of rotatable bonds is 3. The molecule has 2 N–H and O–H groups in total. The number of ether oxygens (including phenoxy) is 1. The highest BCUT2D eigenvalue weighted by molar-refractivity contribution is 5.95. The number of aromatic nitrogens is 2. The molecule has 0 aliphatic rings. The Bertz CT molecular complexity index is 446. The number of aryl methyl sites for hydroxylation is 1. The molecule has 6 nitrogen and oxygen atoms in total. The molecule has 0 fully saturated rings. The zero-order valence-corrected chi connectivity index (χ0v) is 11.3. The van der Waals surface area contributed by atoms with Crippen molar-refractivity contribution in [3.63, 3.8) is 0 Å². The van der Waals surface area contributed by atoms with Crippen LogP contribution in [0.15, 0.2) is 6.07 Å². The van der Waals surface area contributed by atoms with Gasteiger partial charge in [0.1, 0.15) is 11.7 Å². The molecule has 1 aromatic rings. The van der Waals surface area contributed by atoms with Gasteiger partial charge in [0, 0.05) is 5.69 Å². The first-order valence-corrected chi connectivity index (χ1v) is 5.66. The van der Waals surface area contributed by atoms with Gasteiger partial charge in [0.25, 0.3) is 5.91 Å². The lowest BCUT2D eigenvalue weighted by Crippen LogP contribution is -2.49. The van der Waals surface area contributed by atoms with Gasteiger partial charge < -0.3 is 10.1 Å². The molecule has 1 heterocycles. The highest BCUT2D eigenvalue weighted by Crippen LogP contribution is 2.20. The third-order valence-electron chi connectivity index (χ3n) is 2.52. The van der Waals surface area contributed by atoms with Crippen LogP contribution in [-0.2, 0) is 9.53 Å². The Balaban J connectivity index is 2.85. The minimum Gasteiger partial charge on any atom is -0.467 e. The molecule has 0 spiro atoms. The molecule has 6 heteroatoms. The van der Waals surface area contributed by atoms with E-state index in [-0.39, 0.29) is 5.69 Å². The van der Waals surface area contributed by atoms with Gasteiger partial charge in [0.2, 0.25) is 0 Å². The third-order valence-corrected chi connectivity index (χ3v) is 2.52. The molecule has 1 atom stereocenters. The molecule has 0 radical (unpaired) electrons. The summed E-state index contributed by atoms with van der Waals surface area (Å²) in [6, 6.07) is 0.902. The van der Waals surface area contributed by atoms with Crippen molar-refractivity contribution in [1.82, 2.24) is 15.5 Å². The number of carbonyl (C=O) groups excluding carboxylic acids is 2. The third kappa shape index (κ3) is 3.32. The lowest BCUT2D eigenvalue weighted by Gasteiger charge is -2.28. The number of hydrogen-bond donors (Lipinski definition) is 2. The van der Waals surface area contributed by atoms with E-state index >= 15 is 0 Å². The molecule has 0 bridgehead atoms. The standard InChI is InChI=1S/C12H19N3O3/c1-7-6-8(15-14-7)10(16)13-9(11(17)18-5)12(2,3)4/h6,9H,1-5H3,(H,13,16)(H,14,15)/t9-/m1/s1. The summed E-state index contributed by atoms with van der Waals surface area (Å²) in [7, 11) is 1.30. The maximum absolute atomic E-state index is 11.9. The minimum atomic E-state index is -0.716. The van der Waals surface area contributed by atoms with Crippen molar-refractivity contribution < 1.29 is 14.3 Å². The molecule has 1 rings (SSSR count). The summed E-state index contributed by atoms with van der Waals surface area (Å²) < 4.78 is 4.70. The van der Waals surface area contributed by atoms with E-state index in [1.165, 1.54) is 7.11 Å². The SMILES string of the molecule is COC(=O)[C@@H](NC(=O)c1cc(C)[nH]n1)C(C)(C)C. The molecule has 1 aromatic heterocycles. The Morgan fingerprint density at radius 2 is 2.06 bits per heavy atom. The fourth-order valence-electron chi connectivity index (χ4n) is 1.49. The Morgan fingerprint density at radius 3 is 2.44 bits per heavy atom. The quantitative estimate of drug-likeness (QED) is 0.788. The van der Waals surface area contributed by atoms with Gasteiger partial charge in [-0.25, -0.2) is 4.79 Å². The Morgan fingerprint density at radius 1 is 1.44 bits per heavy atom. The topological polar surface area (TPSA) is 84.1 Å². The maximum atomic E-state index is 11.9. The summed E-state index contributed by atoms with van der Waals surface area (Å²) in [5, 5.41) is 9.17. The summed E-state index contributed by atoms with van der Waals surface area (Å²) in [5.74, 6) is -0.868. The predicted octanol–water partition coefficient (Wildman–Crippen LogP) is 1.04. The molecule has 0 aliphatic carbocycles. The first kappa shape index (κ1) is 14.2. The molecular weight excluding hydrogens is 234 g/mol. The second-order valence-corrected chi connectivity index (χ2v) is 5.23. The summed E-state index contributed by atoms with van der Waals surface area (Å²) in [4.78, 5) is 23.6. The zero-order chi connectivity index (χ0) is 13.9. The Labute approximate surface area is 106 Å². The van der Waals surface area contributed by atoms with Crippen LogP contribution in [0.25, 0.3) is 0 Å². The summed E-state index contributed by atoms with van der Waals surface area (Å²) >= 11 is 0. The normalized spacial score (nSPS) is 12.9. The first-order valence-electron chi connectivity index (χ1n) is 5.66. The van der Waals surface area contributed by atoms with E-state index in [4.69, 9.17) is 4.74 Å². The van der Waals surface area contributed by atoms with Crippen LogP contribution in [0, 0.1) is 12.3 Å². The van der Waals surface area contributed by atoms with Gasteiger partial charge in [0.15, 0.2) is 0 Å². The zero-order valence-electron chi connectivity index (χ0n) is 11.3. The molecule has 0 saturated carbocycles. The van der Waals surface area contributed by atoms with Crippen LogP contribution in [0.4, 0.5) is 0 Å². The van der Waals surface area contributed by atoms with E-state index in [0.717, 1.165) is 5.69 Å². The highest BCUT2D eigenvalue weighted by Gasteiger charge is 2.34. The smallest absolute Gasteiger partial charge is 0.328 e. The van der Waals surface area contributed by atoms with Crippen molar-refractivity contribution >= 4 is 11.9 Å². The molecule has 0 aliphatic heterocycles. The number of nitrogens with one attached hydrogen (secondary N) is 2. The van der Waals surface area contributed by atoms with Crippen LogP contribution in [0.2, 0.25) is 0 Å². The fraction of sp³-hybridized carbons (Fsp3) is 0.583. The van der Waals surface area contributed by atoms with E-state index in [0.29, 0.717) is 0 Å². The van der Waals surface area contributed by atoms with Crippen LogP contribution in [0.1, 0.15) is 37.0 Å². The Kier molecular flexibility index (Phi) is 4.11. The number of hydrogen-bond acceptors (Lipinski definition) is 4. The van der Waals surface area contributed by atoms with Gasteiger partial charge in [-0.15, -0.1) is 0 Å². The number of aromatic amines is 1. The number of H-pyrrole nitrogens is 1. The summed E-state index contributed by atoms with van der Waals surface area (Å²) in [5.41, 5.74) is 0.602. The molecule has 100 valence electrons. The second-order valence-electron chi connectivity index (χ2n) is 5.23. The molecule has 0 aromatic carbocycles. The van der Waals surface area contributed by atoms with Gasteiger partial charge >= 0.3 is 5.97 Å². The monoisotopic (exact) mass is 253 g/mol. The maximum Gasteiger partial charge on any atom is 0.328 e. The number of carbonyl (C=O) groups is 2. The fourth-order valence-corrected chi connectivity index (χ4v) is 1.49. The van der Waals surface area contributed by atoms with E-state index < -0.39 is 23.3 Å². The lowest BCUT2D eigenvalue weighted by atomic mass is 9.86. The molecular formula is C12H19N3O3. The molecule has 1 amide bonds. The summed E-state index contributed by atoms with van der Waals surface area (Å²) in [6.07, 6.45) is 0. The average molecular weight is 253 g/mol. The average Bonchev–Trinajstić information content (AvgIpc) is 2.70. The Hall–Kier alpha value is -1.85. The van der Waals surface area contributed by atoms with Crippen LogP contribution >= 0.6 is 0 Å². The van der Waals surface area contributed by atoms with Crippen molar-refractivity contribution in [3.8, 4) is 0 Å². The van der Waals surface area contributed by atoms with Crippen molar-refractivity contribution in [2.75, 3.05) is 7.11 Å². The van der Waals surface area contributed by atoms with Crippen molar-refractivity contribution in [3.05, 3.63) is 17.5 Å². The van der Waals surface area contributed by atoms with E-state index in [1.54, 1.807) is 13.0 Å². The van der Waals surface area contributed by atoms with E-state index in [9.17, 15) is 9.59 Å². The largest absolute Gasteiger partial charge is 0.467 e. The van der Waals surface area contributed by atoms with E-state index in [1.807, 2.05) is 20.8 Å². The van der Waals surface area contributed by atoms with Gasteiger partial charge in [0.05, 0.1) is 7.11 Å². The number of nitrogens with zero attached hydrogens (tertiary/aromatic N) is 1. The van der Waals surface area contributed by atoms with Crippen LogP contribution in [-0.4, -0.2) is 35.2 Å². The number of esters is 1. The van der Waals surface area contributed by atoms with Gasteiger partial charge in [-0.1, -0.05) is 20.8 Å². The van der Waals surface area contributed by atoms with Gasteiger partial charge in [-0.05, 0) is 18.4 Å². The predicted molar refractivity (Wildman–Crippen MR) is 66.0 cm³/mol. The molecule has 18 heavy (non-hydrogen) atoms. The molecule has 0 unspecified atom stereocenters. The highest BCUT2D eigenvalue weighted by atomic mass is 16.5. The minimum absolute atomic E-state index is 0.255. The lowest BCUT2D eigenvalue weighted by molar-refractivity contribution is -0.145. The summed E-state index contributed by atoms with van der Waals surface area (Å²) in [6.45, 7) is 7.35.